The molecule has 1 amide bonds. The normalized spacial score (nSPS) is 10.8. The minimum Gasteiger partial charge on any atom is -0.493 e. The number of non-ortho nitro benzene ring substituents is 2. The molecule has 0 unspecified atom stereocenters. The maximum absolute atomic E-state index is 12.5. The second-order valence-corrected chi connectivity index (χ2v) is 8.14. The molecule has 4 aromatic rings. The Morgan fingerprint density at radius 1 is 0.949 bits per heavy atom. The molecule has 1 aromatic heterocycles. The van der Waals surface area contributed by atoms with Gasteiger partial charge in [-0.2, -0.15) is 10.2 Å². The molecule has 198 valence electrons. The van der Waals surface area contributed by atoms with Gasteiger partial charge in [0.1, 0.15) is 6.61 Å². The summed E-state index contributed by atoms with van der Waals surface area (Å²) in [6, 6.07) is 18.7. The number of methoxy groups -OCH3 is 1. The van der Waals surface area contributed by atoms with E-state index in [9.17, 15) is 25.0 Å². The molecule has 0 atom stereocenters. The predicted octanol–water partition coefficient (Wildman–Crippen LogP) is 4.10. The lowest BCUT2D eigenvalue weighted by Crippen LogP contribution is -2.18. The number of rotatable bonds is 11. The molecule has 1 heterocycles. The Morgan fingerprint density at radius 3 is 2.21 bits per heavy atom. The van der Waals surface area contributed by atoms with Gasteiger partial charge in [-0.3, -0.25) is 29.7 Å². The van der Waals surface area contributed by atoms with Gasteiger partial charge in [-0.25, -0.2) is 5.43 Å². The summed E-state index contributed by atoms with van der Waals surface area (Å²) in [5.41, 5.74) is 4.71. The quantitative estimate of drug-likeness (QED) is 0.172. The minimum absolute atomic E-state index is 0.00261. The first-order chi connectivity index (χ1) is 18.8. The fourth-order valence-electron chi connectivity index (χ4n) is 3.47. The van der Waals surface area contributed by atoms with Crippen molar-refractivity contribution in [1.29, 1.82) is 0 Å². The van der Waals surface area contributed by atoms with Crippen LogP contribution < -0.4 is 14.9 Å². The molecule has 13 nitrogen and oxygen atoms in total. The van der Waals surface area contributed by atoms with E-state index in [1.54, 1.807) is 48.7 Å². The van der Waals surface area contributed by atoms with Gasteiger partial charge in [0.25, 0.3) is 17.3 Å². The Hall–Kier alpha value is -5.59. The van der Waals surface area contributed by atoms with E-state index < -0.39 is 15.8 Å². The van der Waals surface area contributed by atoms with Crippen molar-refractivity contribution in [3.63, 3.8) is 0 Å². The van der Waals surface area contributed by atoms with E-state index in [-0.39, 0.29) is 23.7 Å². The Balaban J connectivity index is 1.34. The Morgan fingerprint density at radius 2 is 1.59 bits per heavy atom. The molecule has 0 aliphatic heterocycles. The fraction of sp³-hybridized carbons (Fsp3) is 0.115. The van der Waals surface area contributed by atoms with Crippen LogP contribution >= 0.6 is 0 Å². The zero-order valence-corrected chi connectivity index (χ0v) is 20.6. The SMILES string of the molecule is COc1ccc(/C=N\NC(=O)c2ccn(Cc3ccc([N+](=O)[O-])cc3)n2)cc1OCc1ccc([N+](=O)[O-])cc1. The second kappa shape index (κ2) is 12.1. The molecule has 0 saturated carbocycles. The highest BCUT2D eigenvalue weighted by molar-refractivity contribution is 5.93. The molecule has 0 bridgehead atoms. The minimum atomic E-state index is -0.517. The number of benzene rings is 3. The molecule has 1 N–H and O–H groups in total. The third-order valence-corrected chi connectivity index (χ3v) is 5.47. The third kappa shape index (κ3) is 7.01. The van der Waals surface area contributed by atoms with Crippen LogP contribution in [-0.2, 0) is 13.2 Å². The number of aromatic nitrogens is 2. The van der Waals surface area contributed by atoms with Crippen LogP contribution in [0.1, 0.15) is 27.2 Å². The number of amides is 1. The summed E-state index contributed by atoms with van der Waals surface area (Å²) in [5, 5.41) is 29.8. The van der Waals surface area contributed by atoms with Crippen LogP contribution in [0, 0.1) is 20.2 Å². The molecule has 0 radical (unpaired) electrons. The van der Waals surface area contributed by atoms with Gasteiger partial charge in [-0.1, -0.05) is 12.1 Å². The fourth-order valence-corrected chi connectivity index (χ4v) is 3.47. The number of hydrogen-bond donors (Lipinski definition) is 1. The largest absolute Gasteiger partial charge is 0.493 e. The van der Waals surface area contributed by atoms with Crippen LogP contribution in [0.5, 0.6) is 11.5 Å². The lowest BCUT2D eigenvalue weighted by atomic mass is 10.2. The van der Waals surface area contributed by atoms with E-state index in [1.807, 2.05) is 0 Å². The van der Waals surface area contributed by atoms with Crippen LogP contribution in [0.3, 0.4) is 0 Å². The highest BCUT2D eigenvalue weighted by Gasteiger charge is 2.11. The van der Waals surface area contributed by atoms with Gasteiger partial charge in [0.2, 0.25) is 0 Å². The van der Waals surface area contributed by atoms with Crippen molar-refractivity contribution in [2.75, 3.05) is 7.11 Å². The molecular weight excluding hydrogens is 508 g/mol. The number of nitrogens with one attached hydrogen (secondary N) is 1. The number of carbonyl (C=O) groups is 1. The number of nitro groups is 2. The lowest BCUT2D eigenvalue weighted by Gasteiger charge is -2.11. The molecule has 0 saturated heterocycles. The lowest BCUT2D eigenvalue weighted by molar-refractivity contribution is -0.385. The molecule has 0 spiro atoms. The highest BCUT2D eigenvalue weighted by atomic mass is 16.6. The average Bonchev–Trinajstić information content (AvgIpc) is 3.41. The Labute approximate surface area is 221 Å². The summed E-state index contributed by atoms with van der Waals surface area (Å²) in [6.07, 6.45) is 3.06. The molecule has 0 aliphatic carbocycles. The summed E-state index contributed by atoms with van der Waals surface area (Å²) in [5.74, 6) is 0.393. The standard InChI is InChI=1S/C26H22N6O7/c1-38-24-11-6-20(14-25(24)39-17-19-4-9-22(10-5-19)32(36)37)15-27-28-26(33)23-12-13-30(29-23)16-18-2-7-21(8-3-18)31(34)35/h2-15H,16-17H2,1H3,(H,28,33)/b27-15-. The second-order valence-electron chi connectivity index (χ2n) is 8.14. The summed E-state index contributed by atoms with van der Waals surface area (Å²) in [4.78, 5) is 33.1. The van der Waals surface area contributed by atoms with E-state index in [1.165, 1.54) is 48.3 Å². The molecule has 13 heteroatoms. The van der Waals surface area contributed by atoms with E-state index in [2.05, 4.69) is 15.6 Å². The van der Waals surface area contributed by atoms with Crippen LogP contribution in [0.4, 0.5) is 11.4 Å². The molecule has 39 heavy (non-hydrogen) atoms. The van der Waals surface area contributed by atoms with Crippen molar-refractivity contribution in [1.82, 2.24) is 15.2 Å². The van der Waals surface area contributed by atoms with Crippen molar-refractivity contribution in [2.24, 2.45) is 5.10 Å². The zero-order valence-electron chi connectivity index (χ0n) is 20.6. The molecule has 0 aliphatic rings. The van der Waals surface area contributed by atoms with Crippen LogP contribution in [0.2, 0.25) is 0 Å². The van der Waals surface area contributed by atoms with Gasteiger partial charge in [0.15, 0.2) is 17.2 Å². The van der Waals surface area contributed by atoms with Gasteiger partial charge >= 0.3 is 0 Å². The first kappa shape index (κ1) is 26.5. The van der Waals surface area contributed by atoms with E-state index in [0.29, 0.717) is 23.6 Å². The van der Waals surface area contributed by atoms with Crippen molar-refractivity contribution in [3.8, 4) is 11.5 Å². The first-order valence-corrected chi connectivity index (χ1v) is 11.5. The molecule has 3 aromatic carbocycles. The van der Waals surface area contributed by atoms with Crippen LogP contribution in [0.25, 0.3) is 0 Å². The summed E-state index contributed by atoms with van der Waals surface area (Å²) in [7, 11) is 1.50. The van der Waals surface area contributed by atoms with Crippen LogP contribution in [-0.4, -0.2) is 38.9 Å². The number of hydrogen-bond acceptors (Lipinski definition) is 9. The Bertz CT molecular complexity index is 1510. The average molecular weight is 530 g/mol. The predicted molar refractivity (Wildman–Crippen MR) is 140 cm³/mol. The molecule has 4 rings (SSSR count). The smallest absolute Gasteiger partial charge is 0.291 e. The molecule has 0 fully saturated rings. The van der Waals surface area contributed by atoms with Gasteiger partial charge in [-0.05, 0) is 53.1 Å². The topological polar surface area (TPSA) is 164 Å². The van der Waals surface area contributed by atoms with Crippen molar-refractivity contribution >= 4 is 23.5 Å². The van der Waals surface area contributed by atoms with Crippen LogP contribution in [0.15, 0.2) is 84.1 Å². The first-order valence-electron chi connectivity index (χ1n) is 11.5. The van der Waals surface area contributed by atoms with E-state index in [0.717, 1.165) is 11.1 Å². The summed E-state index contributed by atoms with van der Waals surface area (Å²) in [6.45, 7) is 0.497. The van der Waals surface area contributed by atoms with E-state index in [4.69, 9.17) is 9.47 Å². The van der Waals surface area contributed by atoms with Gasteiger partial charge in [-0.15, -0.1) is 0 Å². The number of nitro benzene ring substituents is 2. The summed E-state index contributed by atoms with van der Waals surface area (Å²) >= 11 is 0. The Kier molecular flexibility index (Phi) is 8.21. The van der Waals surface area contributed by atoms with Gasteiger partial charge in [0, 0.05) is 30.5 Å². The maximum atomic E-state index is 12.5. The number of ether oxygens (including phenoxy) is 2. The van der Waals surface area contributed by atoms with Gasteiger partial charge < -0.3 is 9.47 Å². The van der Waals surface area contributed by atoms with Crippen molar-refractivity contribution < 1.29 is 24.1 Å². The zero-order chi connectivity index (χ0) is 27.8. The van der Waals surface area contributed by atoms with Crippen molar-refractivity contribution in [3.05, 3.63) is 122 Å². The third-order valence-electron chi connectivity index (χ3n) is 5.47. The van der Waals surface area contributed by atoms with E-state index >= 15 is 0 Å². The highest BCUT2D eigenvalue weighted by Crippen LogP contribution is 2.28. The monoisotopic (exact) mass is 530 g/mol. The number of nitrogens with zero attached hydrogens (tertiary/aromatic N) is 5. The maximum Gasteiger partial charge on any atom is 0.291 e. The van der Waals surface area contributed by atoms with Gasteiger partial charge in [0.05, 0.1) is 29.7 Å². The van der Waals surface area contributed by atoms with Crippen molar-refractivity contribution in [2.45, 2.75) is 13.2 Å². The molecular formula is C26H22N6O7. The number of carbonyl (C=O) groups excluding carboxylic acids is 1. The summed E-state index contributed by atoms with van der Waals surface area (Å²) < 4.78 is 12.7. The number of hydrazone groups is 1.